The van der Waals surface area contributed by atoms with Crippen LogP contribution in [-0.2, 0) is 26.2 Å². The topological polar surface area (TPSA) is 86.8 Å². The summed E-state index contributed by atoms with van der Waals surface area (Å²) >= 11 is 12.4. The molecule has 1 N–H and O–H groups in total. The fraction of sp³-hybridized carbons (Fsp3) is 0.462. The van der Waals surface area contributed by atoms with Gasteiger partial charge in [0.25, 0.3) is 0 Å². The third-order valence-electron chi connectivity index (χ3n) is 5.56. The van der Waals surface area contributed by atoms with Crippen LogP contribution < -0.4 is 9.62 Å². The quantitative estimate of drug-likeness (QED) is 0.437. The summed E-state index contributed by atoms with van der Waals surface area (Å²) in [5.74, 6) is -0.575. The Bertz CT molecular complexity index is 1200. The van der Waals surface area contributed by atoms with Crippen molar-refractivity contribution in [1.82, 2.24) is 10.2 Å². The van der Waals surface area contributed by atoms with E-state index < -0.39 is 21.6 Å². The first-order chi connectivity index (χ1) is 16.6. The van der Waals surface area contributed by atoms with E-state index >= 15 is 0 Å². The Morgan fingerprint density at radius 2 is 1.72 bits per heavy atom. The molecule has 0 saturated carbocycles. The summed E-state index contributed by atoms with van der Waals surface area (Å²) in [4.78, 5) is 27.8. The number of anilines is 1. The van der Waals surface area contributed by atoms with Crippen LogP contribution in [0.1, 0.15) is 51.7 Å². The Morgan fingerprint density at radius 1 is 1.08 bits per heavy atom. The molecule has 1 atom stereocenters. The van der Waals surface area contributed by atoms with Crippen LogP contribution in [-0.4, -0.2) is 49.5 Å². The molecule has 0 aromatic heterocycles. The molecular weight excluding hydrogens is 521 g/mol. The summed E-state index contributed by atoms with van der Waals surface area (Å²) < 4.78 is 26.3. The van der Waals surface area contributed by atoms with Gasteiger partial charge in [-0.15, -0.1) is 0 Å². The summed E-state index contributed by atoms with van der Waals surface area (Å²) in [6.07, 6.45) is 1.48. The highest BCUT2D eigenvalue weighted by Gasteiger charge is 2.29. The van der Waals surface area contributed by atoms with Crippen LogP contribution in [0.4, 0.5) is 5.69 Å². The Hall–Kier alpha value is -2.29. The van der Waals surface area contributed by atoms with E-state index in [-0.39, 0.29) is 37.7 Å². The average molecular weight is 557 g/mol. The summed E-state index contributed by atoms with van der Waals surface area (Å²) in [5, 5.41) is 3.78. The minimum absolute atomic E-state index is 0.0518. The summed E-state index contributed by atoms with van der Waals surface area (Å²) in [6, 6.07) is 11.4. The maximum atomic E-state index is 13.4. The molecule has 0 spiro atoms. The highest BCUT2D eigenvalue weighted by atomic mass is 35.5. The Balaban J connectivity index is 2.24. The molecule has 0 aliphatic heterocycles. The maximum absolute atomic E-state index is 13.4. The van der Waals surface area contributed by atoms with Crippen LogP contribution in [0.5, 0.6) is 0 Å². The van der Waals surface area contributed by atoms with Gasteiger partial charge in [0.05, 0.1) is 11.9 Å². The van der Waals surface area contributed by atoms with Gasteiger partial charge in [-0.1, -0.05) is 47.5 Å². The molecule has 0 saturated heterocycles. The second kappa shape index (κ2) is 12.3. The number of carbonyl (C=O) groups is 2. The van der Waals surface area contributed by atoms with Crippen LogP contribution >= 0.6 is 23.2 Å². The van der Waals surface area contributed by atoms with Crippen LogP contribution in [0.2, 0.25) is 10.0 Å². The van der Waals surface area contributed by atoms with Gasteiger partial charge in [0.15, 0.2) is 0 Å². The van der Waals surface area contributed by atoms with Gasteiger partial charge in [0.2, 0.25) is 21.8 Å². The molecule has 0 radical (unpaired) electrons. The van der Waals surface area contributed by atoms with Crippen molar-refractivity contribution in [2.75, 3.05) is 17.1 Å². The van der Waals surface area contributed by atoms with Gasteiger partial charge in [0, 0.05) is 35.1 Å². The number of carbonyl (C=O) groups excluding carboxylic acids is 2. The molecule has 7 nitrogen and oxygen atoms in total. The number of halogens is 2. The zero-order valence-electron chi connectivity index (χ0n) is 21.6. The lowest BCUT2D eigenvalue weighted by Crippen LogP contribution is -2.52. The van der Waals surface area contributed by atoms with E-state index in [1.165, 1.54) is 9.21 Å². The van der Waals surface area contributed by atoms with Gasteiger partial charge < -0.3 is 10.2 Å². The standard InChI is InChI=1S/C26H35Cl2N3O4S/c1-18-10-7-8-11-23(18)31(36(6,34)35)15-9-12-24(32)30(19(2)25(33)29-26(3,4)5)17-20-13-14-21(27)16-22(20)28/h7-8,10-11,13-14,16,19H,9,12,15,17H2,1-6H3,(H,29,33)/t19-/m0/s1. The van der Waals surface area contributed by atoms with Crippen molar-refractivity contribution >= 4 is 50.7 Å². The van der Waals surface area contributed by atoms with Gasteiger partial charge in [-0.05, 0) is 70.4 Å². The number of sulfonamides is 1. The number of hydrogen-bond acceptors (Lipinski definition) is 4. The fourth-order valence-corrected chi connectivity index (χ4v) is 5.21. The van der Waals surface area contributed by atoms with Crippen molar-refractivity contribution in [3.8, 4) is 0 Å². The number of nitrogens with one attached hydrogen (secondary N) is 1. The largest absolute Gasteiger partial charge is 0.350 e. The number of rotatable bonds is 10. The molecule has 0 bridgehead atoms. The molecule has 36 heavy (non-hydrogen) atoms. The molecule has 10 heteroatoms. The predicted molar refractivity (Wildman–Crippen MR) is 147 cm³/mol. The summed E-state index contributed by atoms with van der Waals surface area (Å²) in [6.45, 7) is 9.35. The predicted octanol–water partition coefficient (Wildman–Crippen LogP) is 5.18. The normalized spacial score (nSPS) is 12.7. The molecule has 2 aromatic carbocycles. The first kappa shape index (κ1) is 29.9. The minimum atomic E-state index is -3.55. The van der Waals surface area contributed by atoms with E-state index in [4.69, 9.17) is 23.2 Å². The highest BCUT2D eigenvalue weighted by molar-refractivity contribution is 7.92. The second-order valence-corrected chi connectivity index (χ2v) is 12.6. The van der Waals surface area contributed by atoms with Crippen molar-refractivity contribution in [3.63, 3.8) is 0 Å². The number of hydrogen-bond donors (Lipinski definition) is 1. The molecular formula is C26H35Cl2N3O4S. The molecule has 0 aliphatic carbocycles. The lowest BCUT2D eigenvalue weighted by atomic mass is 10.1. The number of benzene rings is 2. The molecule has 2 rings (SSSR count). The van der Waals surface area contributed by atoms with Crippen LogP contribution in [0.15, 0.2) is 42.5 Å². The second-order valence-electron chi connectivity index (χ2n) is 9.90. The lowest BCUT2D eigenvalue weighted by Gasteiger charge is -2.32. The van der Waals surface area contributed by atoms with E-state index in [0.717, 1.165) is 11.8 Å². The molecule has 0 heterocycles. The van der Waals surface area contributed by atoms with Gasteiger partial charge in [-0.25, -0.2) is 8.42 Å². The number of aryl methyl sites for hydroxylation is 1. The average Bonchev–Trinajstić information content (AvgIpc) is 2.74. The van der Waals surface area contributed by atoms with Gasteiger partial charge in [0.1, 0.15) is 6.04 Å². The first-order valence-electron chi connectivity index (χ1n) is 11.7. The smallest absolute Gasteiger partial charge is 0.242 e. The maximum Gasteiger partial charge on any atom is 0.242 e. The molecule has 2 amide bonds. The van der Waals surface area contributed by atoms with Crippen LogP contribution in [0, 0.1) is 6.92 Å². The molecule has 0 aliphatic rings. The lowest BCUT2D eigenvalue weighted by molar-refractivity contribution is -0.141. The minimum Gasteiger partial charge on any atom is -0.350 e. The fourth-order valence-electron chi connectivity index (χ4n) is 3.72. The monoisotopic (exact) mass is 555 g/mol. The number of amides is 2. The van der Waals surface area contributed by atoms with Crippen molar-refractivity contribution in [3.05, 3.63) is 63.6 Å². The molecule has 0 fully saturated rings. The van der Waals surface area contributed by atoms with Crippen LogP contribution in [0.3, 0.4) is 0 Å². The Kier molecular flexibility index (Phi) is 10.2. The highest BCUT2D eigenvalue weighted by Crippen LogP contribution is 2.25. The van der Waals surface area contributed by atoms with E-state index in [2.05, 4.69) is 5.32 Å². The zero-order chi connectivity index (χ0) is 27.3. The third kappa shape index (κ3) is 8.68. The van der Waals surface area contributed by atoms with Crippen molar-refractivity contribution in [2.45, 2.75) is 65.6 Å². The van der Waals surface area contributed by atoms with E-state index in [1.807, 2.05) is 39.8 Å². The Morgan fingerprint density at radius 3 is 2.28 bits per heavy atom. The van der Waals surface area contributed by atoms with Crippen molar-refractivity contribution in [1.29, 1.82) is 0 Å². The van der Waals surface area contributed by atoms with Gasteiger partial charge in [-0.2, -0.15) is 0 Å². The number of para-hydroxylation sites is 1. The van der Waals surface area contributed by atoms with Gasteiger partial charge in [-0.3, -0.25) is 13.9 Å². The number of nitrogens with zero attached hydrogens (tertiary/aromatic N) is 2. The summed E-state index contributed by atoms with van der Waals surface area (Å²) in [5.41, 5.74) is 1.58. The van der Waals surface area contributed by atoms with Crippen LogP contribution in [0.25, 0.3) is 0 Å². The summed E-state index contributed by atoms with van der Waals surface area (Å²) in [7, 11) is -3.55. The molecule has 2 aromatic rings. The van der Waals surface area contributed by atoms with Gasteiger partial charge >= 0.3 is 0 Å². The van der Waals surface area contributed by atoms with Crippen molar-refractivity contribution < 1.29 is 18.0 Å². The van der Waals surface area contributed by atoms with Crippen molar-refractivity contribution in [2.24, 2.45) is 0 Å². The third-order valence-corrected chi connectivity index (χ3v) is 7.32. The molecule has 198 valence electrons. The SMILES string of the molecule is Cc1ccccc1N(CCCC(=O)N(Cc1ccc(Cl)cc1Cl)[C@@H](C)C(=O)NC(C)(C)C)S(C)(=O)=O. The Labute approximate surface area is 224 Å². The molecule has 0 unspecified atom stereocenters. The zero-order valence-corrected chi connectivity index (χ0v) is 24.0. The van der Waals surface area contributed by atoms with E-state index in [0.29, 0.717) is 21.3 Å². The van der Waals surface area contributed by atoms with E-state index in [9.17, 15) is 18.0 Å². The van der Waals surface area contributed by atoms with E-state index in [1.54, 1.807) is 37.3 Å². The first-order valence-corrected chi connectivity index (χ1v) is 14.3.